The topological polar surface area (TPSA) is 66.7 Å². The van der Waals surface area contributed by atoms with Gasteiger partial charge in [-0.1, -0.05) is 21.1 Å². The first-order valence-corrected chi connectivity index (χ1v) is 10.4. The van der Waals surface area contributed by atoms with E-state index in [4.69, 9.17) is 4.52 Å². The second-order valence-electron chi connectivity index (χ2n) is 6.39. The number of hydrogen-bond acceptors (Lipinski definition) is 5. The van der Waals surface area contributed by atoms with Crippen LogP contribution in [0.2, 0.25) is 0 Å². The fraction of sp³-hybridized carbons (Fsp3) is 0.471. The molecular formula is C17H22BrN3O3S. The average molecular weight is 428 g/mol. The summed E-state index contributed by atoms with van der Waals surface area (Å²) in [6, 6.07) is 5.16. The Morgan fingerprint density at radius 2 is 1.84 bits per heavy atom. The summed E-state index contributed by atoms with van der Waals surface area (Å²) in [6.45, 7) is 8.84. The third-order valence-electron chi connectivity index (χ3n) is 4.66. The first-order chi connectivity index (χ1) is 11.8. The summed E-state index contributed by atoms with van der Waals surface area (Å²) < 4.78 is 33.4. The Bertz CT molecular complexity index is 852. The number of benzene rings is 1. The van der Waals surface area contributed by atoms with Crippen molar-refractivity contribution in [2.75, 3.05) is 26.2 Å². The van der Waals surface area contributed by atoms with Gasteiger partial charge in [0.15, 0.2) is 0 Å². The molecule has 0 bridgehead atoms. The van der Waals surface area contributed by atoms with Gasteiger partial charge >= 0.3 is 0 Å². The highest BCUT2D eigenvalue weighted by Gasteiger charge is 2.29. The minimum Gasteiger partial charge on any atom is -0.361 e. The van der Waals surface area contributed by atoms with Crippen molar-refractivity contribution in [1.82, 2.24) is 14.4 Å². The molecule has 6 nitrogen and oxygen atoms in total. The standard InChI is InChI=1S/C17H22BrN3O3S/c1-12-10-15(4-5-17(12)18)25(22,23)21-8-6-20(7-9-21)11-16-13(2)19-24-14(16)3/h4-5,10H,6-9,11H2,1-3H3. The van der Waals surface area contributed by atoms with Gasteiger partial charge in [-0.15, -0.1) is 0 Å². The van der Waals surface area contributed by atoms with Gasteiger partial charge in [-0.3, -0.25) is 4.90 Å². The lowest BCUT2D eigenvalue weighted by atomic mass is 10.2. The first kappa shape index (κ1) is 18.6. The van der Waals surface area contributed by atoms with Gasteiger partial charge in [0.2, 0.25) is 10.0 Å². The van der Waals surface area contributed by atoms with E-state index in [-0.39, 0.29) is 0 Å². The van der Waals surface area contributed by atoms with Gasteiger partial charge < -0.3 is 4.52 Å². The second kappa shape index (κ2) is 7.19. The van der Waals surface area contributed by atoms with Crippen LogP contribution in [0.4, 0.5) is 0 Å². The monoisotopic (exact) mass is 427 g/mol. The molecule has 1 aliphatic rings. The van der Waals surface area contributed by atoms with Crippen LogP contribution in [0.15, 0.2) is 32.1 Å². The zero-order valence-corrected chi connectivity index (χ0v) is 17.0. The van der Waals surface area contributed by atoms with Crippen LogP contribution < -0.4 is 0 Å². The Morgan fingerprint density at radius 1 is 1.16 bits per heavy atom. The van der Waals surface area contributed by atoms with E-state index >= 15 is 0 Å². The van der Waals surface area contributed by atoms with Crippen molar-refractivity contribution in [2.45, 2.75) is 32.2 Å². The molecule has 25 heavy (non-hydrogen) atoms. The maximum Gasteiger partial charge on any atom is 0.243 e. The highest BCUT2D eigenvalue weighted by atomic mass is 79.9. The molecule has 0 aliphatic carbocycles. The third kappa shape index (κ3) is 3.81. The van der Waals surface area contributed by atoms with E-state index in [9.17, 15) is 8.42 Å². The molecule has 1 aliphatic heterocycles. The van der Waals surface area contributed by atoms with Crippen LogP contribution in [0.3, 0.4) is 0 Å². The van der Waals surface area contributed by atoms with Crippen LogP contribution in [0.25, 0.3) is 0 Å². The predicted molar refractivity (Wildman–Crippen MR) is 98.9 cm³/mol. The molecular weight excluding hydrogens is 406 g/mol. The molecule has 136 valence electrons. The molecule has 8 heteroatoms. The van der Waals surface area contributed by atoms with Crippen molar-refractivity contribution in [2.24, 2.45) is 0 Å². The number of aromatic nitrogens is 1. The molecule has 1 aromatic heterocycles. The van der Waals surface area contributed by atoms with E-state index in [0.717, 1.165) is 33.6 Å². The number of rotatable bonds is 4. The molecule has 0 radical (unpaired) electrons. The van der Waals surface area contributed by atoms with Crippen LogP contribution in [0, 0.1) is 20.8 Å². The lowest BCUT2D eigenvalue weighted by Crippen LogP contribution is -2.48. The zero-order chi connectivity index (χ0) is 18.2. The minimum absolute atomic E-state index is 0.354. The average Bonchev–Trinajstić information content (AvgIpc) is 2.89. The number of nitrogens with zero attached hydrogens (tertiary/aromatic N) is 3. The van der Waals surface area contributed by atoms with E-state index in [1.807, 2.05) is 20.8 Å². The summed E-state index contributed by atoms with van der Waals surface area (Å²) in [4.78, 5) is 2.60. The molecule has 0 saturated carbocycles. The normalized spacial score (nSPS) is 17.1. The fourth-order valence-corrected chi connectivity index (χ4v) is 4.76. The number of halogens is 1. The molecule has 2 aromatic rings. The molecule has 0 atom stereocenters. The Labute approximate surface area is 157 Å². The molecule has 2 heterocycles. The maximum atomic E-state index is 12.8. The smallest absolute Gasteiger partial charge is 0.243 e. The van der Waals surface area contributed by atoms with E-state index in [2.05, 4.69) is 26.0 Å². The van der Waals surface area contributed by atoms with Gasteiger partial charge in [0.25, 0.3) is 0 Å². The van der Waals surface area contributed by atoms with Crippen LogP contribution in [-0.4, -0.2) is 49.0 Å². The van der Waals surface area contributed by atoms with Crippen molar-refractivity contribution in [3.05, 3.63) is 45.3 Å². The van der Waals surface area contributed by atoms with E-state index < -0.39 is 10.0 Å². The molecule has 3 rings (SSSR count). The van der Waals surface area contributed by atoms with Crippen LogP contribution >= 0.6 is 15.9 Å². The van der Waals surface area contributed by atoms with Crippen molar-refractivity contribution in [1.29, 1.82) is 0 Å². The summed E-state index contributed by atoms with van der Waals surface area (Å²) in [5, 5.41) is 3.98. The van der Waals surface area contributed by atoms with Crippen molar-refractivity contribution < 1.29 is 12.9 Å². The third-order valence-corrected chi connectivity index (χ3v) is 7.45. The Balaban J connectivity index is 1.68. The van der Waals surface area contributed by atoms with Crippen LogP contribution in [-0.2, 0) is 16.6 Å². The summed E-state index contributed by atoms with van der Waals surface area (Å²) >= 11 is 3.41. The molecule has 0 unspecified atom stereocenters. The Morgan fingerprint density at radius 3 is 2.40 bits per heavy atom. The van der Waals surface area contributed by atoms with Gasteiger partial charge in [0.1, 0.15) is 5.76 Å². The Hall–Kier alpha value is -1.22. The molecule has 1 saturated heterocycles. The SMILES string of the molecule is Cc1cc(S(=O)(=O)N2CCN(Cc3c(C)noc3C)CC2)ccc1Br. The zero-order valence-electron chi connectivity index (χ0n) is 14.6. The van der Waals surface area contributed by atoms with Crippen LogP contribution in [0.1, 0.15) is 22.6 Å². The summed E-state index contributed by atoms with van der Waals surface area (Å²) in [6.07, 6.45) is 0. The maximum absolute atomic E-state index is 12.8. The van der Waals surface area contributed by atoms with E-state index in [1.54, 1.807) is 22.5 Å². The van der Waals surface area contributed by atoms with Gasteiger partial charge in [-0.05, 0) is 44.5 Å². The van der Waals surface area contributed by atoms with Gasteiger partial charge in [0, 0.05) is 42.8 Å². The highest BCUT2D eigenvalue weighted by molar-refractivity contribution is 9.10. The lowest BCUT2D eigenvalue weighted by molar-refractivity contribution is 0.180. The fourth-order valence-electron chi connectivity index (χ4n) is 3.01. The lowest BCUT2D eigenvalue weighted by Gasteiger charge is -2.34. The largest absolute Gasteiger partial charge is 0.361 e. The highest BCUT2D eigenvalue weighted by Crippen LogP contribution is 2.24. The minimum atomic E-state index is -3.45. The number of aryl methyl sites for hydroxylation is 3. The van der Waals surface area contributed by atoms with E-state index in [0.29, 0.717) is 31.1 Å². The number of piperazine rings is 1. The number of hydrogen-bond donors (Lipinski definition) is 0. The molecule has 1 aromatic carbocycles. The van der Waals surface area contributed by atoms with Gasteiger partial charge in [0.05, 0.1) is 10.6 Å². The quantitative estimate of drug-likeness (QED) is 0.750. The molecule has 1 fully saturated rings. The van der Waals surface area contributed by atoms with E-state index in [1.165, 1.54) is 0 Å². The summed E-state index contributed by atoms with van der Waals surface area (Å²) in [7, 11) is -3.45. The van der Waals surface area contributed by atoms with Crippen molar-refractivity contribution in [3.63, 3.8) is 0 Å². The Kier molecular flexibility index (Phi) is 5.34. The molecule has 0 spiro atoms. The summed E-state index contributed by atoms with van der Waals surface area (Å²) in [5.74, 6) is 0.831. The second-order valence-corrected chi connectivity index (χ2v) is 9.19. The van der Waals surface area contributed by atoms with Gasteiger partial charge in [-0.25, -0.2) is 8.42 Å². The summed E-state index contributed by atoms with van der Waals surface area (Å²) in [5.41, 5.74) is 2.91. The molecule has 0 amide bonds. The van der Waals surface area contributed by atoms with Gasteiger partial charge in [-0.2, -0.15) is 4.31 Å². The first-order valence-electron chi connectivity index (χ1n) is 8.19. The van der Waals surface area contributed by atoms with Crippen molar-refractivity contribution in [3.8, 4) is 0 Å². The number of sulfonamides is 1. The van der Waals surface area contributed by atoms with Crippen molar-refractivity contribution >= 4 is 26.0 Å². The van der Waals surface area contributed by atoms with Crippen LogP contribution in [0.5, 0.6) is 0 Å². The predicted octanol–water partition coefficient (Wildman–Crippen LogP) is 2.87. The molecule has 0 N–H and O–H groups in total.